The van der Waals surface area contributed by atoms with Crippen molar-refractivity contribution in [2.24, 2.45) is 5.92 Å². The molecule has 0 aromatic heterocycles. The molecule has 0 unspecified atom stereocenters. The Kier molecular flexibility index (Phi) is 16.5. The van der Waals surface area contributed by atoms with E-state index >= 15 is 0 Å². The number of aliphatic hydroxyl groups excluding tert-OH is 1. The minimum Gasteiger partial charge on any atom is -0.489 e. The van der Waals surface area contributed by atoms with E-state index in [0.717, 1.165) is 22.4 Å². The largest absolute Gasteiger partial charge is 0.489 e. The Morgan fingerprint density at radius 2 is 1.43 bits per heavy atom. The maximum absolute atomic E-state index is 13.3. The van der Waals surface area contributed by atoms with Crippen LogP contribution in [0.15, 0.2) is 110 Å². The maximum Gasteiger partial charge on any atom is 0.306 e. The van der Waals surface area contributed by atoms with Crippen molar-refractivity contribution in [1.82, 2.24) is 10.6 Å². The van der Waals surface area contributed by atoms with Gasteiger partial charge in [0.1, 0.15) is 19.0 Å². The molecule has 0 spiro atoms. The van der Waals surface area contributed by atoms with E-state index in [9.17, 15) is 19.5 Å². The van der Waals surface area contributed by atoms with Gasteiger partial charge >= 0.3 is 5.97 Å². The van der Waals surface area contributed by atoms with Gasteiger partial charge in [-0.2, -0.15) is 0 Å². The second kappa shape index (κ2) is 21.1. The quantitative estimate of drug-likeness (QED) is 0.103. The SMILES string of the molecule is C=CCCC(=O)OC[C@H](COCc1ccccc1)NC(=O)[C@@H](CC=C)CC(=O)N[C@H](CO)Cc1ccc(OCc2ccccc2)cc1. The highest BCUT2D eigenvalue weighted by molar-refractivity contribution is 5.86. The zero-order valence-electron chi connectivity index (χ0n) is 26.9. The van der Waals surface area contributed by atoms with Gasteiger partial charge in [-0.05, 0) is 48.1 Å². The summed E-state index contributed by atoms with van der Waals surface area (Å²) in [6, 6.07) is 25.8. The molecule has 0 radical (unpaired) electrons. The highest BCUT2D eigenvalue weighted by atomic mass is 16.5. The molecule has 0 aliphatic rings. The summed E-state index contributed by atoms with van der Waals surface area (Å²) in [5, 5.41) is 15.7. The van der Waals surface area contributed by atoms with Gasteiger partial charge < -0.3 is 30.0 Å². The Balaban J connectivity index is 1.53. The van der Waals surface area contributed by atoms with Gasteiger partial charge in [-0.3, -0.25) is 14.4 Å². The molecule has 0 heterocycles. The van der Waals surface area contributed by atoms with Crippen LogP contribution in [0, 0.1) is 5.92 Å². The van der Waals surface area contributed by atoms with Gasteiger partial charge in [0.2, 0.25) is 11.8 Å². The first kappa shape index (κ1) is 36.7. The van der Waals surface area contributed by atoms with Gasteiger partial charge in [-0.1, -0.05) is 84.9 Å². The summed E-state index contributed by atoms with van der Waals surface area (Å²) in [6.07, 6.45) is 4.43. The molecule has 3 N–H and O–H groups in total. The summed E-state index contributed by atoms with van der Waals surface area (Å²) in [7, 11) is 0. The van der Waals surface area contributed by atoms with E-state index in [0.29, 0.717) is 26.1 Å². The van der Waals surface area contributed by atoms with Crippen molar-refractivity contribution in [3.63, 3.8) is 0 Å². The van der Waals surface area contributed by atoms with Gasteiger partial charge in [0, 0.05) is 12.8 Å². The summed E-state index contributed by atoms with van der Waals surface area (Å²) in [4.78, 5) is 38.5. The Hall–Kier alpha value is -4.73. The molecule has 0 saturated heterocycles. The van der Waals surface area contributed by atoms with Crippen LogP contribution in [0.4, 0.5) is 0 Å². The number of nitrogens with one attached hydrogen (secondary N) is 2. The van der Waals surface area contributed by atoms with E-state index in [-0.39, 0.29) is 50.9 Å². The summed E-state index contributed by atoms with van der Waals surface area (Å²) >= 11 is 0. The third-order valence-electron chi connectivity index (χ3n) is 7.27. The van der Waals surface area contributed by atoms with Gasteiger partial charge in [-0.25, -0.2) is 0 Å². The lowest BCUT2D eigenvalue weighted by atomic mass is 9.98. The van der Waals surface area contributed by atoms with E-state index in [4.69, 9.17) is 14.2 Å². The van der Waals surface area contributed by atoms with Crippen molar-refractivity contribution in [3.05, 3.63) is 127 Å². The van der Waals surface area contributed by atoms with E-state index in [1.54, 1.807) is 12.2 Å². The Morgan fingerprint density at radius 1 is 0.766 bits per heavy atom. The van der Waals surface area contributed by atoms with Crippen molar-refractivity contribution in [2.45, 2.75) is 57.4 Å². The number of hydrogen-bond acceptors (Lipinski definition) is 7. The fourth-order valence-electron chi connectivity index (χ4n) is 4.73. The zero-order valence-corrected chi connectivity index (χ0v) is 26.9. The second-order valence-electron chi connectivity index (χ2n) is 11.2. The molecule has 3 aromatic carbocycles. The molecular formula is C38H46N2O7. The van der Waals surface area contributed by atoms with Gasteiger partial charge in [0.15, 0.2) is 0 Å². The lowest BCUT2D eigenvalue weighted by Gasteiger charge is -2.23. The third kappa shape index (κ3) is 14.5. The van der Waals surface area contributed by atoms with Crippen molar-refractivity contribution in [2.75, 3.05) is 19.8 Å². The standard InChI is InChI=1S/C38H46N2O7/c1-3-5-17-37(43)47-28-34(27-45-25-30-13-8-6-9-14-30)40-38(44)32(12-4-2)23-36(42)39-33(24-41)22-29-18-20-35(21-19-29)46-26-31-15-10-7-11-16-31/h3-4,6-11,13-16,18-21,32-34,41H,1-2,5,12,17,22-28H2,(H,39,42)(H,40,44)/t32-,33-,34-/m0/s1. The van der Waals surface area contributed by atoms with E-state index in [1.165, 1.54) is 0 Å². The van der Waals surface area contributed by atoms with E-state index < -0.39 is 24.0 Å². The number of esters is 1. The Morgan fingerprint density at radius 3 is 2.04 bits per heavy atom. The minimum atomic E-state index is -0.721. The van der Waals surface area contributed by atoms with Crippen molar-refractivity contribution >= 4 is 17.8 Å². The fraction of sp³-hybridized carbons (Fsp3) is 0.342. The summed E-state index contributed by atoms with van der Waals surface area (Å²) < 4.78 is 17.0. The summed E-state index contributed by atoms with van der Waals surface area (Å²) in [5.41, 5.74) is 2.95. The third-order valence-corrected chi connectivity index (χ3v) is 7.27. The molecule has 0 saturated carbocycles. The number of allylic oxidation sites excluding steroid dienone is 2. The van der Waals surface area contributed by atoms with E-state index in [1.807, 2.05) is 84.9 Å². The summed E-state index contributed by atoms with van der Waals surface area (Å²) in [6.45, 7) is 7.89. The van der Waals surface area contributed by atoms with Crippen LogP contribution in [-0.4, -0.2) is 54.8 Å². The molecule has 9 heteroatoms. The van der Waals surface area contributed by atoms with Crippen molar-refractivity contribution < 1.29 is 33.7 Å². The molecule has 0 bridgehead atoms. The molecule has 0 aliphatic carbocycles. The minimum absolute atomic E-state index is 0.0772. The number of benzene rings is 3. The van der Waals surface area contributed by atoms with Crippen LogP contribution in [0.5, 0.6) is 5.75 Å². The molecular weight excluding hydrogens is 596 g/mol. The van der Waals surface area contributed by atoms with Crippen LogP contribution in [0.25, 0.3) is 0 Å². The molecule has 3 rings (SSSR count). The Bertz CT molecular complexity index is 1380. The molecule has 250 valence electrons. The Labute approximate surface area is 277 Å². The zero-order chi connectivity index (χ0) is 33.7. The smallest absolute Gasteiger partial charge is 0.306 e. The number of rotatable bonds is 22. The van der Waals surface area contributed by atoms with Gasteiger partial charge in [0.25, 0.3) is 0 Å². The van der Waals surface area contributed by atoms with Gasteiger partial charge in [0.05, 0.1) is 37.8 Å². The molecule has 0 fully saturated rings. The average Bonchev–Trinajstić information content (AvgIpc) is 3.09. The van der Waals surface area contributed by atoms with Crippen LogP contribution >= 0.6 is 0 Å². The van der Waals surface area contributed by atoms with Crippen LogP contribution in [0.1, 0.15) is 42.4 Å². The van der Waals surface area contributed by atoms with Crippen LogP contribution in [0.3, 0.4) is 0 Å². The highest BCUT2D eigenvalue weighted by Crippen LogP contribution is 2.16. The first-order valence-corrected chi connectivity index (χ1v) is 15.9. The first-order chi connectivity index (χ1) is 22.9. The fourth-order valence-corrected chi connectivity index (χ4v) is 4.73. The van der Waals surface area contributed by atoms with Gasteiger partial charge in [-0.15, -0.1) is 13.2 Å². The first-order valence-electron chi connectivity index (χ1n) is 15.9. The average molecular weight is 643 g/mol. The molecule has 3 aromatic rings. The highest BCUT2D eigenvalue weighted by Gasteiger charge is 2.25. The van der Waals surface area contributed by atoms with Crippen molar-refractivity contribution in [3.8, 4) is 5.75 Å². The normalized spacial score (nSPS) is 12.6. The lowest BCUT2D eigenvalue weighted by Crippen LogP contribution is -2.46. The lowest BCUT2D eigenvalue weighted by molar-refractivity contribution is -0.145. The topological polar surface area (TPSA) is 123 Å². The molecule has 0 aliphatic heterocycles. The number of carbonyl (C=O) groups excluding carboxylic acids is 3. The molecule has 47 heavy (non-hydrogen) atoms. The monoisotopic (exact) mass is 642 g/mol. The molecule has 3 atom stereocenters. The van der Waals surface area contributed by atoms with Crippen molar-refractivity contribution in [1.29, 1.82) is 0 Å². The molecule has 9 nitrogen and oxygen atoms in total. The number of hydrogen-bond donors (Lipinski definition) is 3. The predicted octanol–water partition coefficient (Wildman–Crippen LogP) is 5.08. The summed E-state index contributed by atoms with van der Waals surface area (Å²) in [5.74, 6) is -1.17. The maximum atomic E-state index is 13.3. The van der Waals surface area contributed by atoms with Crippen LogP contribution in [0.2, 0.25) is 0 Å². The van der Waals surface area contributed by atoms with Crippen LogP contribution in [-0.2, 0) is 43.5 Å². The van der Waals surface area contributed by atoms with Crippen LogP contribution < -0.4 is 15.4 Å². The van der Waals surface area contributed by atoms with E-state index in [2.05, 4.69) is 23.8 Å². The number of carbonyl (C=O) groups is 3. The second-order valence-corrected chi connectivity index (χ2v) is 11.2. The number of amides is 2. The number of aliphatic hydroxyl groups is 1. The molecule has 2 amide bonds. The number of ether oxygens (including phenoxy) is 3. The predicted molar refractivity (Wildman–Crippen MR) is 181 cm³/mol.